The largest absolute Gasteiger partial charge is 0.481 e. The number of rotatable bonds is 9. The molecule has 0 aromatic heterocycles. The van der Waals surface area contributed by atoms with E-state index in [0.717, 1.165) is 35.1 Å². The molecule has 1 fully saturated rings. The van der Waals surface area contributed by atoms with Crippen LogP contribution < -0.4 is 5.32 Å². The predicted octanol–water partition coefficient (Wildman–Crippen LogP) is 4.80. The number of nitrogens with one attached hydrogen (secondary N) is 1. The number of hydrogen-bond donors (Lipinski definition) is 2. The first-order chi connectivity index (χ1) is 16.8. The van der Waals surface area contributed by atoms with Gasteiger partial charge in [-0.15, -0.1) is 0 Å². The molecule has 0 saturated carbocycles. The Morgan fingerprint density at radius 3 is 2.31 bits per heavy atom. The maximum Gasteiger partial charge on any atom is 0.408 e. The molecule has 2 unspecified atom stereocenters. The van der Waals surface area contributed by atoms with Crippen LogP contribution in [0.15, 0.2) is 48.5 Å². The first-order valence-electron chi connectivity index (χ1n) is 12.5. The van der Waals surface area contributed by atoms with Gasteiger partial charge in [0.2, 0.25) is 5.91 Å². The van der Waals surface area contributed by atoms with Crippen molar-refractivity contribution >= 4 is 18.0 Å². The molecule has 2 aromatic rings. The Kier molecular flexibility index (Phi) is 7.43. The van der Waals surface area contributed by atoms with Crippen LogP contribution in [0.5, 0.6) is 0 Å². The van der Waals surface area contributed by atoms with Gasteiger partial charge in [0.05, 0.1) is 0 Å². The second-order valence-corrected chi connectivity index (χ2v) is 9.87. The Balaban J connectivity index is 1.39. The van der Waals surface area contributed by atoms with Crippen LogP contribution in [0.3, 0.4) is 0 Å². The Bertz CT molecular complexity index is 1050. The van der Waals surface area contributed by atoms with Crippen LogP contribution in [-0.2, 0) is 14.3 Å². The van der Waals surface area contributed by atoms with Gasteiger partial charge in [0.15, 0.2) is 0 Å². The second kappa shape index (κ2) is 10.5. The maximum atomic E-state index is 13.4. The normalized spacial score (nSPS) is 18.5. The number of carboxylic acid groups (broad SMARTS) is 1. The fraction of sp³-hybridized carbons (Fsp3) is 0.464. The zero-order chi connectivity index (χ0) is 25.0. The van der Waals surface area contributed by atoms with E-state index in [1.807, 2.05) is 31.2 Å². The van der Waals surface area contributed by atoms with Gasteiger partial charge in [-0.05, 0) is 54.4 Å². The first-order valence-corrected chi connectivity index (χ1v) is 12.5. The third-order valence-electron chi connectivity index (χ3n) is 7.28. The second-order valence-electron chi connectivity index (χ2n) is 9.87. The van der Waals surface area contributed by atoms with Gasteiger partial charge < -0.3 is 20.1 Å². The molecule has 2 aliphatic rings. The van der Waals surface area contributed by atoms with E-state index in [0.29, 0.717) is 25.9 Å². The molecule has 186 valence electrons. The monoisotopic (exact) mass is 478 g/mol. The van der Waals surface area contributed by atoms with Gasteiger partial charge >= 0.3 is 12.1 Å². The van der Waals surface area contributed by atoms with E-state index in [4.69, 9.17) is 9.84 Å². The Morgan fingerprint density at radius 2 is 1.71 bits per heavy atom. The highest BCUT2D eigenvalue weighted by atomic mass is 16.5. The average molecular weight is 479 g/mol. The minimum Gasteiger partial charge on any atom is -0.481 e. The van der Waals surface area contributed by atoms with Gasteiger partial charge in [-0.25, -0.2) is 4.79 Å². The third kappa shape index (κ3) is 5.34. The van der Waals surface area contributed by atoms with Crippen molar-refractivity contribution in [3.63, 3.8) is 0 Å². The summed E-state index contributed by atoms with van der Waals surface area (Å²) in [5.41, 5.74) is 3.53. The van der Waals surface area contributed by atoms with Crippen LogP contribution in [0.4, 0.5) is 4.79 Å². The zero-order valence-corrected chi connectivity index (χ0v) is 20.5. The van der Waals surface area contributed by atoms with Gasteiger partial charge in [0.25, 0.3) is 0 Å². The van der Waals surface area contributed by atoms with Crippen molar-refractivity contribution in [2.24, 2.45) is 5.92 Å². The lowest BCUT2D eigenvalue weighted by Crippen LogP contribution is -2.57. The smallest absolute Gasteiger partial charge is 0.408 e. The number of aliphatic carboxylic acids is 1. The summed E-state index contributed by atoms with van der Waals surface area (Å²) < 4.78 is 5.69. The topological polar surface area (TPSA) is 95.9 Å². The van der Waals surface area contributed by atoms with Crippen molar-refractivity contribution in [3.05, 3.63) is 59.7 Å². The highest BCUT2D eigenvalue weighted by molar-refractivity contribution is 5.90. The maximum absolute atomic E-state index is 13.4. The number of carboxylic acids is 1. The van der Waals surface area contributed by atoms with Crippen molar-refractivity contribution in [2.75, 3.05) is 19.7 Å². The van der Waals surface area contributed by atoms with Crippen LogP contribution in [0.1, 0.15) is 63.0 Å². The number of fused-ring (bicyclic) bond motifs is 3. The SMILES string of the molecule is CCCC(C)(NC(=O)OCC1c2ccccc2-c2ccccc21)C(=O)N1CCC(CCC(=O)O)C1. The minimum atomic E-state index is -1.07. The molecule has 0 spiro atoms. The average Bonchev–Trinajstić information content (AvgIpc) is 3.44. The number of amides is 2. The summed E-state index contributed by atoms with van der Waals surface area (Å²) in [4.78, 5) is 39.0. The predicted molar refractivity (Wildman–Crippen MR) is 133 cm³/mol. The van der Waals surface area contributed by atoms with Crippen LogP contribution in [0.2, 0.25) is 0 Å². The van der Waals surface area contributed by atoms with E-state index in [1.54, 1.807) is 11.8 Å². The zero-order valence-electron chi connectivity index (χ0n) is 20.5. The van der Waals surface area contributed by atoms with E-state index in [1.165, 1.54) is 0 Å². The number of carbonyl (C=O) groups is 3. The summed E-state index contributed by atoms with van der Waals surface area (Å²) in [6, 6.07) is 16.3. The lowest BCUT2D eigenvalue weighted by Gasteiger charge is -2.33. The lowest BCUT2D eigenvalue weighted by molar-refractivity contribution is -0.137. The van der Waals surface area contributed by atoms with E-state index >= 15 is 0 Å². The summed E-state index contributed by atoms with van der Waals surface area (Å²) in [6.07, 6.45) is 2.07. The molecule has 1 aliphatic heterocycles. The van der Waals surface area contributed by atoms with Crippen molar-refractivity contribution in [2.45, 2.75) is 57.4 Å². The number of nitrogens with zero attached hydrogens (tertiary/aromatic N) is 1. The van der Waals surface area contributed by atoms with Crippen LogP contribution in [0, 0.1) is 5.92 Å². The van der Waals surface area contributed by atoms with Crippen molar-refractivity contribution < 1.29 is 24.2 Å². The van der Waals surface area contributed by atoms with E-state index in [2.05, 4.69) is 29.6 Å². The lowest BCUT2D eigenvalue weighted by atomic mass is 9.94. The number of benzene rings is 2. The molecule has 4 rings (SSSR count). The Labute approximate surface area is 206 Å². The molecular formula is C28H34N2O5. The molecule has 7 nitrogen and oxygen atoms in total. The summed E-state index contributed by atoms with van der Waals surface area (Å²) in [5, 5.41) is 11.8. The van der Waals surface area contributed by atoms with Crippen LogP contribution >= 0.6 is 0 Å². The van der Waals surface area contributed by atoms with Gasteiger partial charge in [0.1, 0.15) is 12.1 Å². The van der Waals surface area contributed by atoms with E-state index in [-0.39, 0.29) is 30.8 Å². The Morgan fingerprint density at radius 1 is 1.09 bits per heavy atom. The van der Waals surface area contributed by atoms with Gasteiger partial charge in [-0.3, -0.25) is 9.59 Å². The molecule has 1 saturated heterocycles. The van der Waals surface area contributed by atoms with Gasteiger partial charge in [-0.2, -0.15) is 0 Å². The molecule has 7 heteroatoms. The number of hydrogen-bond acceptors (Lipinski definition) is 4. The number of alkyl carbamates (subject to hydrolysis) is 1. The van der Waals surface area contributed by atoms with Crippen LogP contribution in [0.25, 0.3) is 11.1 Å². The molecular weight excluding hydrogens is 444 g/mol. The number of likely N-dealkylation sites (tertiary alicyclic amines) is 1. The van der Waals surface area contributed by atoms with Crippen molar-refractivity contribution in [1.82, 2.24) is 10.2 Å². The summed E-state index contributed by atoms with van der Waals surface area (Å²) in [6.45, 7) is 5.03. The molecule has 2 amide bonds. The molecule has 2 atom stereocenters. The molecule has 1 aliphatic carbocycles. The standard InChI is InChI=1S/C28H34N2O5/c1-3-15-28(2,26(33)30-16-14-19(17-30)12-13-25(31)32)29-27(34)35-18-24-22-10-6-4-8-20(22)21-9-5-7-11-23(21)24/h4-11,19,24H,3,12-18H2,1-2H3,(H,29,34)(H,31,32). The molecule has 0 bridgehead atoms. The van der Waals surface area contributed by atoms with Gasteiger partial charge in [-0.1, -0.05) is 61.9 Å². The van der Waals surface area contributed by atoms with Crippen molar-refractivity contribution in [3.8, 4) is 11.1 Å². The summed E-state index contributed by atoms with van der Waals surface area (Å²) >= 11 is 0. The first kappa shape index (κ1) is 24.8. The Hall–Kier alpha value is -3.35. The van der Waals surface area contributed by atoms with Crippen LogP contribution in [-0.4, -0.2) is 53.2 Å². The fourth-order valence-corrected chi connectivity index (χ4v) is 5.51. The third-order valence-corrected chi connectivity index (χ3v) is 7.28. The fourth-order valence-electron chi connectivity index (χ4n) is 5.51. The number of ether oxygens (including phenoxy) is 1. The minimum absolute atomic E-state index is 0.0464. The highest BCUT2D eigenvalue weighted by Crippen LogP contribution is 2.44. The van der Waals surface area contributed by atoms with Crippen molar-refractivity contribution in [1.29, 1.82) is 0 Å². The molecule has 2 N–H and O–H groups in total. The highest BCUT2D eigenvalue weighted by Gasteiger charge is 2.40. The molecule has 35 heavy (non-hydrogen) atoms. The summed E-state index contributed by atoms with van der Waals surface area (Å²) in [5.74, 6) is -0.821. The quantitative estimate of drug-likeness (QED) is 0.540. The molecule has 2 aromatic carbocycles. The van der Waals surface area contributed by atoms with E-state index < -0.39 is 17.6 Å². The molecule has 1 heterocycles. The summed E-state index contributed by atoms with van der Waals surface area (Å²) in [7, 11) is 0. The number of carbonyl (C=O) groups excluding carboxylic acids is 2. The molecule has 0 radical (unpaired) electrons. The van der Waals surface area contributed by atoms with Gasteiger partial charge in [0, 0.05) is 25.4 Å². The van der Waals surface area contributed by atoms with E-state index in [9.17, 15) is 14.4 Å².